The first-order chi connectivity index (χ1) is 3.68. The summed E-state index contributed by atoms with van der Waals surface area (Å²) in [5, 5.41) is 0. The van der Waals surface area contributed by atoms with Crippen LogP contribution in [-0.2, 0) is 13.3 Å². The average molecular weight is 138 g/mol. The maximum absolute atomic E-state index is 8.91. The Morgan fingerprint density at radius 1 is 1.00 bits per heavy atom. The second kappa shape index (κ2) is 3.16. The molecule has 0 spiro atoms. The van der Waals surface area contributed by atoms with Crippen molar-refractivity contribution >= 4 is 9.05 Å². The molecule has 0 rings (SSSR count). The third-order valence-corrected chi connectivity index (χ3v) is 2.32. The molecule has 4 nitrogen and oxygen atoms in total. The van der Waals surface area contributed by atoms with E-state index in [2.05, 4.69) is 13.3 Å². The van der Waals surface area contributed by atoms with Gasteiger partial charge in [-0.2, -0.15) is 0 Å². The van der Waals surface area contributed by atoms with Crippen molar-refractivity contribution in [2.75, 3.05) is 21.3 Å². The molecule has 0 aromatic rings. The fourth-order valence-electron chi connectivity index (χ4n) is 0.250. The van der Waals surface area contributed by atoms with Crippen molar-refractivity contribution in [2.45, 2.75) is 0 Å². The van der Waals surface area contributed by atoms with Gasteiger partial charge in [-0.05, 0) is 0 Å². The van der Waals surface area contributed by atoms with Gasteiger partial charge in [0.2, 0.25) is 0 Å². The Balaban J connectivity index is 3.58. The van der Waals surface area contributed by atoms with Gasteiger partial charge >= 0.3 is 9.05 Å². The molecule has 0 amide bonds. The quantitative estimate of drug-likeness (QED) is 0.527. The van der Waals surface area contributed by atoms with Crippen molar-refractivity contribution in [3.8, 4) is 0 Å². The van der Waals surface area contributed by atoms with E-state index < -0.39 is 9.05 Å². The first-order valence-corrected chi connectivity index (χ1v) is 3.73. The highest BCUT2D eigenvalue weighted by Gasteiger charge is 2.36. The molecular formula is C3H10O4Si. The molecule has 0 radical (unpaired) electrons. The zero-order valence-corrected chi connectivity index (χ0v) is 6.17. The minimum Gasteiger partial charge on any atom is -0.367 e. The van der Waals surface area contributed by atoms with E-state index in [1.807, 2.05) is 0 Å². The molecule has 50 valence electrons. The van der Waals surface area contributed by atoms with Gasteiger partial charge in [0.25, 0.3) is 0 Å². The molecule has 0 heterocycles. The van der Waals surface area contributed by atoms with Gasteiger partial charge < -0.3 is 18.1 Å². The Kier molecular flexibility index (Phi) is 3.18. The summed E-state index contributed by atoms with van der Waals surface area (Å²) < 4.78 is 13.5. The van der Waals surface area contributed by atoms with E-state index in [9.17, 15) is 0 Å². The summed E-state index contributed by atoms with van der Waals surface area (Å²) in [6.45, 7) is 0. The molecule has 8 heavy (non-hydrogen) atoms. The van der Waals surface area contributed by atoms with Crippen molar-refractivity contribution in [1.82, 2.24) is 0 Å². The van der Waals surface area contributed by atoms with Gasteiger partial charge in [0.1, 0.15) is 0 Å². The van der Waals surface area contributed by atoms with Crippen molar-refractivity contribution in [3.05, 3.63) is 0 Å². The molecule has 0 aliphatic heterocycles. The fraction of sp³-hybridized carbons (Fsp3) is 1.00. The number of rotatable bonds is 3. The normalized spacial score (nSPS) is 12.0. The van der Waals surface area contributed by atoms with Crippen LogP contribution in [0.25, 0.3) is 0 Å². The molecule has 0 saturated heterocycles. The molecule has 0 saturated carbocycles. The van der Waals surface area contributed by atoms with Crippen molar-refractivity contribution in [1.29, 1.82) is 0 Å². The second-order valence-electron chi connectivity index (χ2n) is 1.14. The zero-order valence-electron chi connectivity index (χ0n) is 5.17. The Labute approximate surface area is 49.5 Å². The summed E-state index contributed by atoms with van der Waals surface area (Å²) in [5.74, 6) is 0. The van der Waals surface area contributed by atoms with Crippen LogP contribution in [0.15, 0.2) is 0 Å². The number of hydrogen-bond donors (Lipinski definition) is 1. The van der Waals surface area contributed by atoms with Crippen molar-refractivity contribution in [2.24, 2.45) is 0 Å². The molecule has 0 fully saturated rings. The monoisotopic (exact) mass is 138 g/mol. The van der Waals surface area contributed by atoms with E-state index in [1.165, 1.54) is 21.3 Å². The third kappa shape index (κ3) is 1.89. The Hall–Kier alpha value is 0.0569. The van der Waals surface area contributed by atoms with E-state index in [4.69, 9.17) is 4.80 Å². The minimum atomic E-state index is -3.17. The third-order valence-electron chi connectivity index (χ3n) is 0.774. The van der Waals surface area contributed by atoms with Crippen LogP contribution in [0.4, 0.5) is 0 Å². The topological polar surface area (TPSA) is 47.9 Å². The molecule has 0 bridgehead atoms. The highest BCUT2D eigenvalue weighted by molar-refractivity contribution is 6.51. The van der Waals surface area contributed by atoms with E-state index in [0.29, 0.717) is 0 Å². The standard InChI is InChI=1S/C3H10O4Si/c1-5-8(4,6-2)7-3/h4H,1-3H3. The summed E-state index contributed by atoms with van der Waals surface area (Å²) in [5.41, 5.74) is 0. The van der Waals surface area contributed by atoms with Crippen molar-refractivity contribution in [3.63, 3.8) is 0 Å². The van der Waals surface area contributed by atoms with Crippen molar-refractivity contribution < 1.29 is 18.1 Å². The van der Waals surface area contributed by atoms with Crippen LogP contribution in [0.3, 0.4) is 0 Å². The minimum absolute atomic E-state index is 1.33. The molecule has 5 heteroatoms. The zero-order chi connectivity index (χ0) is 6.62. The maximum Gasteiger partial charge on any atom is 0.676 e. The average Bonchev–Trinajstić information content (AvgIpc) is 1.87. The van der Waals surface area contributed by atoms with E-state index in [1.54, 1.807) is 0 Å². The second-order valence-corrected chi connectivity index (χ2v) is 3.41. The van der Waals surface area contributed by atoms with Crippen LogP contribution in [0.1, 0.15) is 0 Å². The van der Waals surface area contributed by atoms with Gasteiger partial charge in [0.05, 0.1) is 0 Å². The van der Waals surface area contributed by atoms with E-state index in [-0.39, 0.29) is 0 Å². The molecule has 0 aromatic heterocycles. The Bertz CT molecular complexity index is 54.0. The number of hydrogen-bond acceptors (Lipinski definition) is 4. The summed E-state index contributed by atoms with van der Waals surface area (Å²) in [7, 11) is 0.826. The predicted octanol–water partition coefficient (Wildman–Crippen LogP) is -0.647. The summed E-state index contributed by atoms with van der Waals surface area (Å²) >= 11 is 0. The van der Waals surface area contributed by atoms with Gasteiger partial charge in [-0.15, -0.1) is 0 Å². The first kappa shape index (κ1) is 8.06. The van der Waals surface area contributed by atoms with Gasteiger partial charge in [-0.3, -0.25) is 0 Å². The molecular weight excluding hydrogens is 128 g/mol. The molecule has 0 aliphatic rings. The Morgan fingerprint density at radius 2 is 1.25 bits per heavy atom. The highest BCUT2D eigenvalue weighted by atomic mass is 28.4. The van der Waals surface area contributed by atoms with Crippen LogP contribution in [-0.4, -0.2) is 35.2 Å². The summed E-state index contributed by atoms with van der Waals surface area (Å²) in [6.07, 6.45) is 0. The lowest BCUT2D eigenvalue weighted by Crippen LogP contribution is -2.42. The lowest BCUT2D eigenvalue weighted by Gasteiger charge is -2.14. The van der Waals surface area contributed by atoms with Crippen LogP contribution in [0.2, 0.25) is 0 Å². The van der Waals surface area contributed by atoms with Crippen LogP contribution in [0, 0.1) is 0 Å². The highest BCUT2D eigenvalue weighted by Crippen LogP contribution is 1.97. The van der Waals surface area contributed by atoms with E-state index in [0.717, 1.165) is 0 Å². The van der Waals surface area contributed by atoms with Crippen LogP contribution >= 0.6 is 0 Å². The molecule has 0 aromatic carbocycles. The molecule has 1 N–H and O–H groups in total. The Morgan fingerprint density at radius 3 is 1.25 bits per heavy atom. The molecule has 0 unspecified atom stereocenters. The molecule has 0 atom stereocenters. The van der Waals surface area contributed by atoms with Gasteiger partial charge in [-0.25, -0.2) is 0 Å². The van der Waals surface area contributed by atoms with Gasteiger partial charge in [-0.1, -0.05) is 0 Å². The first-order valence-electron chi connectivity index (χ1n) is 2.06. The summed E-state index contributed by atoms with van der Waals surface area (Å²) in [6, 6.07) is 0. The lowest BCUT2D eigenvalue weighted by molar-refractivity contribution is 0.0418. The van der Waals surface area contributed by atoms with Crippen LogP contribution < -0.4 is 0 Å². The molecule has 0 aliphatic carbocycles. The largest absolute Gasteiger partial charge is 0.676 e. The maximum atomic E-state index is 8.91. The van der Waals surface area contributed by atoms with E-state index >= 15 is 0 Å². The van der Waals surface area contributed by atoms with Gasteiger partial charge in [0.15, 0.2) is 0 Å². The fourth-order valence-corrected chi connectivity index (χ4v) is 0.750. The smallest absolute Gasteiger partial charge is 0.367 e. The predicted molar refractivity (Wildman–Crippen MR) is 29.0 cm³/mol. The van der Waals surface area contributed by atoms with Crippen LogP contribution in [0.5, 0.6) is 0 Å². The lowest BCUT2D eigenvalue weighted by atomic mass is 11.8. The summed E-state index contributed by atoms with van der Waals surface area (Å²) in [4.78, 5) is 8.91. The SMILES string of the molecule is CO[Si](O)(OC)OC. The van der Waals surface area contributed by atoms with Gasteiger partial charge in [0, 0.05) is 21.3 Å².